The number of aliphatic hydroxyl groups is 1. The maximum atomic E-state index is 11.0. The molecule has 4 nitrogen and oxygen atoms in total. The minimum Gasteiger partial charge on any atom is -0.396 e. The molecule has 0 radical (unpaired) electrons. The highest BCUT2D eigenvalue weighted by Crippen LogP contribution is 2.16. The molecule has 0 aliphatic heterocycles. The van der Waals surface area contributed by atoms with Gasteiger partial charge in [-0.2, -0.15) is 8.42 Å². The molecular formula is C10H12O4S. The third-order valence-corrected chi connectivity index (χ3v) is 2.72. The smallest absolute Gasteiger partial charge is 0.295 e. The zero-order valence-corrected chi connectivity index (χ0v) is 8.81. The molecule has 0 aliphatic carbocycles. The Labute approximate surface area is 88.6 Å². The Morgan fingerprint density at radius 3 is 2.53 bits per heavy atom. The van der Waals surface area contributed by atoms with Crippen molar-refractivity contribution >= 4 is 16.2 Å². The topological polar surface area (TPSA) is 74.6 Å². The van der Waals surface area contributed by atoms with Gasteiger partial charge in [0.2, 0.25) is 0 Å². The molecule has 5 heteroatoms. The molecule has 0 bridgehead atoms. The van der Waals surface area contributed by atoms with Crippen LogP contribution in [-0.2, 0) is 10.1 Å². The molecule has 0 heterocycles. The average Bonchev–Trinajstić information content (AvgIpc) is 2.17. The molecule has 82 valence electrons. The summed E-state index contributed by atoms with van der Waals surface area (Å²) in [5.41, 5.74) is 0.411. The summed E-state index contributed by atoms with van der Waals surface area (Å²) in [5.74, 6) is 0. The van der Waals surface area contributed by atoms with Crippen molar-refractivity contribution in [1.29, 1.82) is 0 Å². The maximum Gasteiger partial charge on any atom is 0.295 e. The molecule has 0 fully saturated rings. The predicted molar refractivity (Wildman–Crippen MR) is 57.0 cm³/mol. The summed E-state index contributed by atoms with van der Waals surface area (Å²) < 4.78 is 30.8. The normalized spacial score (nSPS) is 12.1. The zero-order chi connectivity index (χ0) is 11.3. The van der Waals surface area contributed by atoms with Crippen LogP contribution < -0.4 is 0 Å². The van der Waals surface area contributed by atoms with Gasteiger partial charge in [-0.3, -0.25) is 4.55 Å². The summed E-state index contributed by atoms with van der Waals surface area (Å²) in [4.78, 5) is -0.126. The summed E-state index contributed by atoms with van der Waals surface area (Å²) in [6, 6.07) is 6.12. The van der Waals surface area contributed by atoms with E-state index >= 15 is 0 Å². The van der Waals surface area contributed by atoms with Crippen LogP contribution in [0, 0.1) is 0 Å². The summed E-state index contributed by atoms with van der Waals surface area (Å²) in [6.45, 7) is 0.00451. The van der Waals surface area contributed by atoms with Crippen LogP contribution in [-0.4, -0.2) is 24.7 Å². The lowest BCUT2D eigenvalue weighted by Crippen LogP contribution is -2.00. The molecule has 0 saturated carbocycles. The van der Waals surface area contributed by atoms with Crippen LogP contribution in [0.25, 0.3) is 6.08 Å². The van der Waals surface area contributed by atoms with Gasteiger partial charge in [0.25, 0.3) is 10.1 Å². The fraction of sp³-hybridized carbons (Fsp3) is 0.200. The van der Waals surface area contributed by atoms with E-state index in [1.807, 2.05) is 0 Å². The molecule has 2 N–H and O–H groups in total. The van der Waals surface area contributed by atoms with Gasteiger partial charge in [0.05, 0.1) is 0 Å². The van der Waals surface area contributed by atoms with Crippen molar-refractivity contribution in [3.05, 3.63) is 35.9 Å². The quantitative estimate of drug-likeness (QED) is 0.762. The lowest BCUT2D eigenvalue weighted by molar-refractivity contribution is 0.303. The Morgan fingerprint density at radius 1 is 1.27 bits per heavy atom. The van der Waals surface area contributed by atoms with Crippen LogP contribution in [0.4, 0.5) is 0 Å². The van der Waals surface area contributed by atoms with E-state index in [1.54, 1.807) is 24.3 Å². The van der Waals surface area contributed by atoms with E-state index in [-0.39, 0.29) is 11.5 Å². The van der Waals surface area contributed by atoms with E-state index < -0.39 is 10.1 Å². The molecule has 1 aromatic rings. The second-order valence-electron chi connectivity index (χ2n) is 2.93. The molecule has 1 aromatic carbocycles. The predicted octanol–water partition coefficient (Wildman–Crippen LogP) is 1.33. The first-order valence-electron chi connectivity index (χ1n) is 4.39. The number of rotatable bonds is 4. The Bertz CT molecular complexity index is 448. The molecule has 1 rings (SSSR count). The summed E-state index contributed by atoms with van der Waals surface area (Å²) in [7, 11) is -4.18. The van der Waals surface area contributed by atoms with Crippen molar-refractivity contribution in [3.63, 3.8) is 0 Å². The second kappa shape index (κ2) is 5.06. The third-order valence-electron chi connectivity index (χ3n) is 1.79. The molecule has 0 amide bonds. The van der Waals surface area contributed by atoms with Crippen molar-refractivity contribution < 1.29 is 18.1 Å². The minimum absolute atomic E-state index is 0.00451. The lowest BCUT2D eigenvalue weighted by atomic mass is 10.2. The summed E-state index contributed by atoms with van der Waals surface area (Å²) >= 11 is 0. The fourth-order valence-corrected chi connectivity index (χ4v) is 1.82. The Kier molecular flexibility index (Phi) is 4.02. The van der Waals surface area contributed by atoms with Gasteiger partial charge in [0, 0.05) is 6.61 Å². The molecular weight excluding hydrogens is 216 g/mol. The van der Waals surface area contributed by atoms with Crippen LogP contribution in [0.1, 0.15) is 12.0 Å². The zero-order valence-electron chi connectivity index (χ0n) is 8.00. The first-order valence-corrected chi connectivity index (χ1v) is 5.83. The first-order chi connectivity index (χ1) is 7.05. The van der Waals surface area contributed by atoms with Gasteiger partial charge in [0.1, 0.15) is 4.90 Å². The molecule has 0 aromatic heterocycles. The first kappa shape index (κ1) is 11.9. The fourth-order valence-electron chi connectivity index (χ4n) is 1.14. The number of hydrogen-bond donors (Lipinski definition) is 2. The highest BCUT2D eigenvalue weighted by atomic mass is 32.2. The minimum atomic E-state index is -4.18. The summed E-state index contributed by atoms with van der Waals surface area (Å²) in [6.07, 6.45) is 3.64. The van der Waals surface area contributed by atoms with Crippen LogP contribution >= 0.6 is 0 Å². The van der Waals surface area contributed by atoms with Crippen LogP contribution in [0.5, 0.6) is 0 Å². The maximum absolute atomic E-state index is 11.0. The van der Waals surface area contributed by atoms with Crippen LogP contribution in [0.2, 0.25) is 0 Å². The Hall–Kier alpha value is -1.17. The van der Waals surface area contributed by atoms with E-state index in [1.165, 1.54) is 12.1 Å². The summed E-state index contributed by atoms with van der Waals surface area (Å²) in [5, 5.41) is 8.55. The second-order valence-corrected chi connectivity index (χ2v) is 4.32. The van der Waals surface area contributed by atoms with Crippen LogP contribution in [0.15, 0.2) is 35.2 Å². The highest BCUT2D eigenvalue weighted by Gasteiger charge is 2.12. The van der Waals surface area contributed by atoms with E-state index in [4.69, 9.17) is 9.66 Å². The Balaban J connectivity index is 3.08. The van der Waals surface area contributed by atoms with Gasteiger partial charge in [-0.15, -0.1) is 0 Å². The van der Waals surface area contributed by atoms with E-state index in [2.05, 4.69) is 0 Å². The van der Waals surface area contributed by atoms with Gasteiger partial charge < -0.3 is 5.11 Å². The standard InChI is InChI=1S/C10H12O4S/c11-8-4-3-6-9-5-1-2-7-10(9)15(12,13)14/h1-3,5-7,11H,4,8H2,(H,12,13,14). The third kappa shape index (κ3) is 3.47. The van der Waals surface area contributed by atoms with Crippen molar-refractivity contribution in [3.8, 4) is 0 Å². The monoisotopic (exact) mass is 228 g/mol. The molecule has 0 unspecified atom stereocenters. The van der Waals surface area contributed by atoms with Gasteiger partial charge in [-0.05, 0) is 18.1 Å². The van der Waals surface area contributed by atoms with Gasteiger partial charge in [0.15, 0.2) is 0 Å². The van der Waals surface area contributed by atoms with Gasteiger partial charge in [-0.1, -0.05) is 30.4 Å². The Morgan fingerprint density at radius 2 is 1.93 bits per heavy atom. The van der Waals surface area contributed by atoms with Crippen molar-refractivity contribution in [2.45, 2.75) is 11.3 Å². The highest BCUT2D eigenvalue weighted by molar-refractivity contribution is 7.85. The SMILES string of the molecule is O=S(=O)(O)c1ccccc1C=CCCO. The van der Waals surface area contributed by atoms with Crippen molar-refractivity contribution in [2.24, 2.45) is 0 Å². The molecule has 0 spiro atoms. The number of benzene rings is 1. The van der Waals surface area contributed by atoms with Gasteiger partial charge in [-0.25, -0.2) is 0 Å². The lowest BCUT2D eigenvalue weighted by Gasteiger charge is -2.01. The molecule has 15 heavy (non-hydrogen) atoms. The number of aliphatic hydroxyl groups excluding tert-OH is 1. The van der Waals surface area contributed by atoms with Crippen molar-refractivity contribution in [2.75, 3.05) is 6.61 Å². The largest absolute Gasteiger partial charge is 0.396 e. The number of hydrogen-bond acceptors (Lipinski definition) is 3. The van der Waals surface area contributed by atoms with E-state index in [9.17, 15) is 8.42 Å². The van der Waals surface area contributed by atoms with Crippen molar-refractivity contribution in [1.82, 2.24) is 0 Å². The molecule has 0 aliphatic rings. The van der Waals surface area contributed by atoms with Crippen LogP contribution in [0.3, 0.4) is 0 Å². The molecule has 0 atom stereocenters. The molecule has 0 saturated heterocycles. The van der Waals surface area contributed by atoms with Gasteiger partial charge >= 0.3 is 0 Å². The van der Waals surface area contributed by atoms with E-state index in [0.29, 0.717) is 12.0 Å². The van der Waals surface area contributed by atoms with E-state index in [0.717, 1.165) is 0 Å². The average molecular weight is 228 g/mol.